The number of hydrogen-bond acceptors (Lipinski definition) is 4. The molecule has 0 unspecified atom stereocenters. The van der Waals surface area contributed by atoms with E-state index >= 15 is 0 Å². The van der Waals surface area contributed by atoms with Crippen LogP contribution in [0.2, 0.25) is 0 Å². The van der Waals surface area contributed by atoms with Crippen molar-refractivity contribution in [2.45, 2.75) is 36.7 Å². The van der Waals surface area contributed by atoms with Crippen LogP contribution in [0, 0.1) is 0 Å². The molecule has 1 fully saturated rings. The second kappa shape index (κ2) is 9.83. The standard InChI is InChI=1S/C18H19F3N4O3S.HI/c19-18(20,21)28-15-7-5-13(6-8-15)24-17(22)23-11-12-1-9-16(10-2-12)29(26,27)25-14-3-4-14;/h1-2,5-10,14,25H,3-4,11H2,(H3,22,23,24);1H. The molecule has 30 heavy (non-hydrogen) atoms. The summed E-state index contributed by atoms with van der Waals surface area (Å²) in [6.45, 7) is 0.199. The van der Waals surface area contributed by atoms with Crippen molar-refractivity contribution in [2.24, 2.45) is 10.7 Å². The van der Waals surface area contributed by atoms with E-state index in [4.69, 9.17) is 5.73 Å². The van der Waals surface area contributed by atoms with Gasteiger partial charge in [-0.25, -0.2) is 18.1 Å². The molecule has 0 spiro atoms. The van der Waals surface area contributed by atoms with Crippen molar-refractivity contribution in [3.05, 3.63) is 54.1 Å². The fraction of sp³-hybridized carbons (Fsp3) is 0.278. The zero-order chi connectivity index (χ0) is 21.1. The van der Waals surface area contributed by atoms with Crippen molar-refractivity contribution < 1.29 is 26.3 Å². The molecule has 3 rings (SSSR count). The van der Waals surface area contributed by atoms with E-state index < -0.39 is 16.4 Å². The number of guanidine groups is 1. The molecule has 0 bridgehead atoms. The minimum Gasteiger partial charge on any atom is -0.406 e. The summed E-state index contributed by atoms with van der Waals surface area (Å²) < 4.78 is 67.1. The molecule has 4 N–H and O–H groups in total. The van der Waals surface area contributed by atoms with Crippen LogP contribution in [-0.4, -0.2) is 26.8 Å². The van der Waals surface area contributed by atoms with E-state index in [0.717, 1.165) is 30.5 Å². The average Bonchev–Trinajstić information content (AvgIpc) is 3.44. The van der Waals surface area contributed by atoms with Gasteiger partial charge in [-0.2, -0.15) is 0 Å². The normalized spacial score (nSPS) is 14.7. The lowest BCUT2D eigenvalue weighted by atomic mass is 10.2. The van der Waals surface area contributed by atoms with Gasteiger partial charge in [0.05, 0.1) is 11.4 Å². The zero-order valence-corrected chi connectivity index (χ0v) is 18.7. The van der Waals surface area contributed by atoms with Crippen molar-refractivity contribution in [1.82, 2.24) is 4.72 Å². The van der Waals surface area contributed by atoms with E-state index in [2.05, 4.69) is 19.8 Å². The summed E-state index contributed by atoms with van der Waals surface area (Å²) in [5.41, 5.74) is 6.96. The average molecular weight is 556 g/mol. The Morgan fingerprint density at radius 3 is 2.23 bits per heavy atom. The topological polar surface area (TPSA) is 106 Å². The Labute approximate surface area is 189 Å². The van der Waals surface area contributed by atoms with E-state index in [0.29, 0.717) is 5.69 Å². The lowest BCUT2D eigenvalue weighted by Gasteiger charge is -2.10. The third-order valence-corrected chi connectivity index (χ3v) is 5.46. The predicted molar refractivity (Wildman–Crippen MR) is 117 cm³/mol. The molecule has 0 amide bonds. The number of anilines is 1. The van der Waals surface area contributed by atoms with Crippen molar-refractivity contribution in [3.8, 4) is 5.75 Å². The first-order valence-corrected chi connectivity index (χ1v) is 10.1. The molecule has 0 atom stereocenters. The smallest absolute Gasteiger partial charge is 0.406 e. The Hall–Kier alpha value is -2.06. The van der Waals surface area contributed by atoms with Crippen LogP contribution in [-0.2, 0) is 16.6 Å². The van der Waals surface area contributed by atoms with Crippen LogP contribution < -0.4 is 20.5 Å². The fourth-order valence-corrected chi connectivity index (χ4v) is 3.67. The first-order valence-electron chi connectivity index (χ1n) is 8.65. The van der Waals surface area contributed by atoms with Crippen LogP contribution in [0.5, 0.6) is 5.75 Å². The Balaban J connectivity index is 0.00000320. The highest BCUT2D eigenvalue weighted by molar-refractivity contribution is 14.0. The SMILES string of the molecule is I.NC(=NCc1ccc(S(=O)(=O)NC2CC2)cc1)Nc1ccc(OC(F)(F)F)cc1. The maximum Gasteiger partial charge on any atom is 0.573 e. The maximum atomic E-state index is 12.1. The van der Waals surface area contributed by atoms with Gasteiger partial charge in [-0.05, 0) is 54.8 Å². The number of rotatable bonds is 7. The molecule has 1 saturated carbocycles. The van der Waals surface area contributed by atoms with E-state index in [-0.39, 0.29) is 53.2 Å². The molecule has 0 saturated heterocycles. The third kappa shape index (κ3) is 7.65. The molecule has 12 heteroatoms. The number of hydrogen-bond donors (Lipinski definition) is 3. The molecule has 1 aliphatic rings. The van der Waals surface area contributed by atoms with E-state index in [1.807, 2.05) is 0 Å². The van der Waals surface area contributed by atoms with Crippen LogP contribution in [0.1, 0.15) is 18.4 Å². The van der Waals surface area contributed by atoms with Crippen LogP contribution >= 0.6 is 24.0 Å². The number of alkyl halides is 3. The van der Waals surface area contributed by atoms with Crippen molar-refractivity contribution in [3.63, 3.8) is 0 Å². The van der Waals surface area contributed by atoms with Gasteiger partial charge in [0.2, 0.25) is 10.0 Å². The minimum atomic E-state index is -4.75. The van der Waals surface area contributed by atoms with E-state index in [1.54, 1.807) is 12.1 Å². The first kappa shape index (κ1) is 24.2. The molecular weight excluding hydrogens is 536 g/mol. The first-order chi connectivity index (χ1) is 13.6. The monoisotopic (exact) mass is 556 g/mol. The highest BCUT2D eigenvalue weighted by Gasteiger charge is 2.31. The number of sulfonamides is 1. The molecule has 0 heterocycles. The van der Waals surface area contributed by atoms with E-state index in [1.165, 1.54) is 24.3 Å². The van der Waals surface area contributed by atoms with Gasteiger partial charge in [0.15, 0.2) is 5.96 Å². The number of halogens is 4. The number of nitrogens with two attached hydrogens (primary N) is 1. The zero-order valence-electron chi connectivity index (χ0n) is 15.5. The Morgan fingerprint density at radius 1 is 1.10 bits per heavy atom. The second-order valence-electron chi connectivity index (χ2n) is 6.44. The number of aliphatic imine (C=N–C) groups is 1. The molecule has 164 valence electrons. The van der Waals surface area contributed by atoms with Crippen LogP contribution in [0.4, 0.5) is 18.9 Å². The summed E-state index contributed by atoms with van der Waals surface area (Å²) >= 11 is 0. The Kier molecular flexibility index (Phi) is 7.93. The summed E-state index contributed by atoms with van der Waals surface area (Å²) in [5, 5.41) is 2.75. The van der Waals surface area contributed by atoms with Crippen LogP contribution in [0.15, 0.2) is 58.4 Å². The predicted octanol–water partition coefficient (Wildman–Crippen LogP) is 3.57. The lowest BCUT2D eigenvalue weighted by molar-refractivity contribution is -0.274. The molecule has 0 radical (unpaired) electrons. The van der Waals surface area contributed by atoms with Gasteiger partial charge >= 0.3 is 6.36 Å². The van der Waals surface area contributed by atoms with Gasteiger partial charge in [-0.15, -0.1) is 37.1 Å². The molecule has 2 aromatic rings. The number of nitrogens with one attached hydrogen (secondary N) is 2. The highest BCUT2D eigenvalue weighted by Crippen LogP contribution is 2.24. The van der Waals surface area contributed by atoms with Crippen LogP contribution in [0.25, 0.3) is 0 Å². The number of nitrogens with zero attached hydrogens (tertiary/aromatic N) is 1. The molecule has 2 aromatic carbocycles. The summed E-state index contributed by atoms with van der Waals surface area (Å²) in [7, 11) is -3.50. The minimum absolute atomic E-state index is 0. The van der Waals surface area contributed by atoms with Crippen molar-refractivity contribution in [2.75, 3.05) is 5.32 Å². The summed E-state index contributed by atoms with van der Waals surface area (Å²) in [4.78, 5) is 4.31. The summed E-state index contributed by atoms with van der Waals surface area (Å²) in [5.74, 6) is -0.286. The van der Waals surface area contributed by atoms with Gasteiger partial charge in [-0.1, -0.05) is 12.1 Å². The van der Waals surface area contributed by atoms with Crippen LogP contribution in [0.3, 0.4) is 0 Å². The Bertz CT molecular complexity index is 977. The molecule has 7 nitrogen and oxygen atoms in total. The van der Waals surface area contributed by atoms with Gasteiger partial charge in [0, 0.05) is 11.7 Å². The third-order valence-electron chi connectivity index (χ3n) is 3.93. The fourth-order valence-electron chi connectivity index (χ4n) is 2.37. The molecule has 1 aliphatic carbocycles. The van der Waals surface area contributed by atoms with Gasteiger partial charge < -0.3 is 15.8 Å². The second-order valence-corrected chi connectivity index (χ2v) is 8.15. The quantitative estimate of drug-likeness (QED) is 0.275. The summed E-state index contributed by atoms with van der Waals surface area (Å²) in [6, 6.07) is 11.4. The Morgan fingerprint density at radius 2 is 1.70 bits per heavy atom. The van der Waals surface area contributed by atoms with Gasteiger partial charge in [0.25, 0.3) is 0 Å². The lowest BCUT2D eigenvalue weighted by Crippen LogP contribution is -2.25. The highest BCUT2D eigenvalue weighted by atomic mass is 127. The molecular formula is C18H20F3IN4O3S. The number of ether oxygens (including phenoxy) is 1. The largest absolute Gasteiger partial charge is 0.573 e. The molecule has 0 aliphatic heterocycles. The summed E-state index contributed by atoms with van der Waals surface area (Å²) in [6.07, 6.45) is -3.04. The molecule has 0 aromatic heterocycles. The van der Waals surface area contributed by atoms with Gasteiger partial charge in [-0.3, -0.25) is 0 Å². The maximum absolute atomic E-state index is 12.1. The van der Waals surface area contributed by atoms with Crippen molar-refractivity contribution in [1.29, 1.82) is 0 Å². The number of benzene rings is 2. The van der Waals surface area contributed by atoms with E-state index in [9.17, 15) is 21.6 Å². The van der Waals surface area contributed by atoms with Crippen molar-refractivity contribution >= 4 is 45.6 Å². The van der Waals surface area contributed by atoms with Gasteiger partial charge in [0.1, 0.15) is 5.75 Å².